The third-order valence-corrected chi connectivity index (χ3v) is 6.01. The number of nitrogens with zero attached hydrogens (tertiary/aromatic N) is 1. The predicted molar refractivity (Wildman–Crippen MR) is 115 cm³/mol. The Kier molecular flexibility index (Phi) is 7.51. The van der Waals surface area contributed by atoms with Crippen molar-refractivity contribution in [1.82, 2.24) is 10.2 Å². The zero-order chi connectivity index (χ0) is 19.8. The third kappa shape index (κ3) is 6.39. The number of hydrogen-bond donors (Lipinski definition) is 2. The van der Waals surface area contributed by atoms with Gasteiger partial charge in [-0.3, -0.25) is 14.5 Å². The van der Waals surface area contributed by atoms with Gasteiger partial charge in [0.1, 0.15) is 0 Å². The number of rotatable bonds is 7. The number of nitrogens with one attached hydrogen (secondary N) is 2. The first-order chi connectivity index (χ1) is 13.6. The maximum absolute atomic E-state index is 12.2. The number of amides is 2. The molecule has 0 bridgehead atoms. The van der Waals surface area contributed by atoms with Crippen LogP contribution < -0.4 is 10.6 Å². The first kappa shape index (κ1) is 20.4. The molecule has 0 spiro atoms. The molecule has 1 heterocycles. The summed E-state index contributed by atoms with van der Waals surface area (Å²) in [5.41, 5.74) is 2.02. The quantitative estimate of drug-likeness (QED) is 0.704. The lowest BCUT2D eigenvalue weighted by atomic mass is 10.1. The fourth-order valence-electron chi connectivity index (χ4n) is 3.29. The Hall–Kier alpha value is -2.31. The van der Waals surface area contributed by atoms with Crippen molar-refractivity contribution in [3.63, 3.8) is 0 Å². The number of anilines is 1. The lowest BCUT2D eigenvalue weighted by Crippen LogP contribution is -2.47. The van der Waals surface area contributed by atoms with Crippen molar-refractivity contribution in [2.45, 2.75) is 30.7 Å². The Balaban J connectivity index is 1.35. The average Bonchev–Trinajstić information content (AvgIpc) is 2.69. The fraction of sp³-hybridized carbons (Fsp3) is 0.364. The molecule has 28 heavy (non-hydrogen) atoms. The normalized spacial score (nSPS) is 15.2. The van der Waals surface area contributed by atoms with Gasteiger partial charge in [-0.2, -0.15) is 0 Å². The maximum atomic E-state index is 12.2. The molecule has 0 unspecified atom stereocenters. The van der Waals surface area contributed by atoms with Crippen LogP contribution in [0.15, 0.2) is 59.5 Å². The number of aryl methyl sites for hydroxylation is 1. The molecular weight excluding hydrogens is 370 g/mol. The summed E-state index contributed by atoms with van der Waals surface area (Å²) >= 11 is 1.58. The monoisotopic (exact) mass is 397 g/mol. The minimum atomic E-state index is 0.00307. The summed E-state index contributed by atoms with van der Waals surface area (Å²) in [6, 6.07) is 17.8. The molecule has 6 heteroatoms. The molecule has 2 N–H and O–H groups in total. The van der Waals surface area contributed by atoms with Crippen LogP contribution in [0.1, 0.15) is 18.4 Å². The van der Waals surface area contributed by atoms with Crippen LogP contribution >= 0.6 is 11.8 Å². The molecule has 2 amide bonds. The molecule has 3 rings (SSSR count). The Morgan fingerprint density at radius 2 is 1.68 bits per heavy atom. The number of hydrogen-bond acceptors (Lipinski definition) is 4. The van der Waals surface area contributed by atoms with E-state index in [1.807, 2.05) is 48.5 Å². The van der Waals surface area contributed by atoms with Crippen LogP contribution in [0.4, 0.5) is 5.69 Å². The van der Waals surface area contributed by atoms with Crippen molar-refractivity contribution in [2.75, 3.05) is 30.7 Å². The Morgan fingerprint density at radius 3 is 2.39 bits per heavy atom. The van der Waals surface area contributed by atoms with Gasteiger partial charge in [-0.25, -0.2) is 0 Å². The van der Waals surface area contributed by atoms with Crippen LogP contribution in [0.2, 0.25) is 0 Å². The van der Waals surface area contributed by atoms with Crippen molar-refractivity contribution >= 4 is 29.3 Å². The zero-order valence-corrected chi connectivity index (χ0v) is 17.0. The van der Waals surface area contributed by atoms with E-state index in [0.29, 0.717) is 12.3 Å². The number of carbonyl (C=O) groups is 2. The highest BCUT2D eigenvalue weighted by atomic mass is 32.2. The van der Waals surface area contributed by atoms with Crippen molar-refractivity contribution in [2.24, 2.45) is 0 Å². The van der Waals surface area contributed by atoms with Gasteiger partial charge in [0.2, 0.25) is 11.8 Å². The summed E-state index contributed by atoms with van der Waals surface area (Å²) in [5.74, 6) is 0.515. The predicted octanol–water partition coefficient (Wildman–Crippen LogP) is 3.31. The largest absolute Gasteiger partial charge is 0.353 e. The molecule has 1 saturated heterocycles. The molecule has 1 fully saturated rings. The van der Waals surface area contributed by atoms with Gasteiger partial charge >= 0.3 is 0 Å². The number of likely N-dealkylation sites (tertiary alicyclic amines) is 1. The van der Waals surface area contributed by atoms with E-state index >= 15 is 0 Å². The van der Waals surface area contributed by atoms with Crippen molar-refractivity contribution < 1.29 is 9.59 Å². The summed E-state index contributed by atoms with van der Waals surface area (Å²) in [6.45, 7) is 4.08. The molecule has 1 aliphatic rings. The van der Waals surface area contributed by atoms with E-state index in [2.05, 4.69) is 28.5 Å². The minimum absolute atomic E-state index is 0.00307. The molecule has 2 aromatic carbocycles. The lowest BCUT2D eigenvalue weighted by molar-refractivity contribution is -0.120. The molecule has 0 aliphatic carbocycles. The van der Waals surface area contributed by atoms with E-state index in [-0.39, 0.29) is 17.9 Å². The van der Waals surface area contributed by atoms with Gasteiger partial charge in [0.25, 0.3) is 0 Å². The van der Waals surface area contributed by atoms with Gasteiger partial charge in [0, 0.05) is 29.7 Å². The smallest absolute Gasteiger partial charge is 0.238 e. The number of benzene rings is 2. The van der Waals surface area contributed by atoms with Gasteiger partial charge in [0.05, 0.1) is 12.3 Å². The first-order valence-electron chi connectivity index (χ1n) is 9.65. The Bertz CT molecular complexity index is 789. The fourth-order valence-corrected chi connectivity index (χ4v) is 4.13. The van der Waals surface area contributed by atoms with Gasteiger partial charge in [0.15, 0.2) is 0 Å². The van der Waals surface area contributed by atoms with E-state index < -0.39 is 0 Å². The van der Waals surface area contributed by atoms with Crippen LogP contribution in [0.5, 0.6) is 0 Å². The molecule has 2 aromatic rings. The van der Waals surface area contributed by atoms with E-state index in [1.165, 1.54) is 5.56 Å². The van der Waals surface area contributed by atoms with Crippen LogP contribution in [-0.4, -0.2) is 48.1 Å². The first-order valence-corrected chi connectivity index (χ1v) is 10.6. The van der Waals surface area contributed by atoms with Gasteiger partial charge in [-0.15, -0.1) is 11.8 Å². The molecular formula is C22H27N3O2S. The second-order valence-corrected chi connectivity index (χ2v) is 8.10. The Labute approximate surface area is 170 Å². The van der Waals surface area contributed by atoms with Crippen molar-refractivity contribution in [3.05, 3.63) is 60.2 Å². The van der Waals surface area contributed by atoms with Crippen LogP contribution in [0, 0.1) is 6.92 Å². The number of piperidine rings is 1. The second kappa shape index (κ2) is 10.3. The van der Waals surface area contributed by atoms with E-state index in [1.54, 1.807) is 11.8 Å². The van der Waals surface area contributed by atoms with Crippen molar-refractivity contribution in [3.8, 4) is 0 Å². The van der Waals surface area contributed by atoms with Crippen molar-refractivity contribution in [1.29, 1.82) is 0 Å². The molecule has 0 aromatic heterocycles. The SMILES string of the molecule is Cc1ccccc1SCC(=O)NC1CCN(CC(=O)Nc2ccccc2)CC1. The minimum Gasteiger partial charge on any atom is -0.353 e. The molecule has 5 nitrogen and oxygen atoms in total. The van der Waals surface area contributed by atoms with Gasteiger partial charge < -0.3 is 10.6 Å². The summed E-state index contributed by atoms with van der Waals surface area (Å²) in [5, 5.41) is 6.05. The number of carbonyl (C=O) groups excluding carboxylic acids is 2. The molecule has 0 radical (unpaired) electrons. The van der Waals surface area contributed by atoms with E-state index in [4.69, 9.17) is 0 Å². The summed E-state index contributed by atoms with van der Waals surface area (Å²) in [6.07, 6.45) is 1.75. The summed E-state index contributed by atoms with van der Waals surface area (Å²) < 4.78 is 0. The summed E-state index contributed by atoms with van der Waals surface area (Å²) in [7, 11) is 0. The van der Waals surface area contributed by atoms with Crippen LogP contribution in [0.3, 0.4) is 0 Å². The molecule has 1 aliphatic heterocycles. The second-order valence-electron chi connectivity index (χ2n) is 7.09. The van der Waals surface area contributed by atoms with E-state index in [0.717, 1.165) is 36.5 Å². The third-order valence-electron chi connectivity index (χ3n) is 4.83. The maximum Gasteiger partial charge on any atom is 0.238 e. The lowest BCUT2D eigenvalue weighted by Gasteiger charge is -2.31. The number of thioether (sulfide) groups is 1. The molecule has 148 valence electrons. The standard InChI is InChI=1S/C22H27N3O2S/c1-17-7-5-6-10-20(17)28-16-22(27)24-19-11-13-25(14-12-19)15-21(26)23-18-8-3-2-4-9-18/h2-10,19H,11-16H2,1H3,(H,23,26)(H,24,27). The zero-order valence-electron chi connectivity index (χ0n) is 16.2. The average molecular weight is 398 g/mol. The number of para-hydroxylation sites is 1. The Morgan fingerprint density at radius 1 is 1.00 bits per heavy atom. The topological polar surface area (TPSA) is 61.4 Å². The van der Waals surface area contributed by atoms with Gasteiger partial charge in [-0.05, 0) is 43.5 Å². The van der Waals surface area contributed by atoms with Crippen LogP contribution in [-0.2, 0) is 9.59 Å². The van der Waals surface area contributed by atoms with Gasteiger partial charge in [-0.1, -0.05) is 36.4 Å². The highest BCUT2D eigenvalue weighted by Gasteiger charge is 2.22. The molecule has 0 atom stereocenters. The molecule has 0 saturated carbocycles. The van der Waals surface area contributed by atoms with Crippen LogP contribution in [0.25, 0.3) is 0 Å². The summed E-state index contributed by atoms with van der Waals surface area (Å²) in [4.78, 5) is 27.7. The van der Waals surface area contributed by atoms with E-state index in [9.17, 15) is 9.59 Å². The highest BCUT2D eigenvalue weighted by molar-refractivity contribution is 8.00. The highest BCUT2D eigenvalue weighted by Crippen LogP contribution is 2.21.